The van der Waals surface area contributed by atoms with Crippen LogP contribution in [0.3, 0.4) is 0 Å². The number of benzene rings is 10. The van der Waals surface area contributed by atoms with Gasteiger partial charge >= 0.3 is 0 Å². The van der Waals surface area contributed by atoms with Gasteiger partial charge in [-0.25, -0.2) is 0 Å². The number of fused-ring (bicyclic) bond motifs is 1. The van der Waals surface area contributed by atoms with Crippen LogP contribution in [0.15, 0.2) is 23.1 Å². The summed E-state index contributed by atoms with van der Waals surface area (Å²) in [5, 5.41) is 30.8. The average molecular weight is 905 g/mol. The first-order valence-corrected chi connectivity index (χ1v) is 30.2. The van der Waals surface area contributed by atoms with Crippen molar-refractivity contribution in [3.05, 3.63) is 141 Å². The van der Waals surface area contributed by atoms with Gasteiger partial charge < -0.3 is 0 Å². The fourth-order valence-corrected chi connectivity index (χ4v) is 34.5. The molecule has 22 unspecified atom stereocenters. The summed E-state index contributed by atoms with van der Waals surface area (Å²) in [6, 6.07) is 8.45. The highest BCUT2D eigenvalue weighted by Gasteiger charge is 2.89. The van der Waals surface area contributed by atoms with Gasteiger partial charge in [0, 0.05) is 10.3 Å². The molecular formula is C70H32S. The van der Waals surface area contributed by atoms with E-state index in [1.165, 1.54) is 19.3 Å². The predicted octanol–water partition coefficient (Wildman–Crippen LogP) is 15.8. The average Bonchev–Trinajstić information content (AvgIpc) is 4.38. The van der Waals surface area contributed by atoms with Crippen LogP contribution in [0.2, 0.25) is 0 Å². The molecule has 0 amide bonds. The molecule has 0 aromatic heterocycles. The van der Waals surface area contributed by atoms with E-state index in [9.17, 15) is 0 Å². The highest BCUT2D eigenvalue weighted by Crippen LogP contribution is 3.01. The zero-order valence-corrected chi connectivity index (χ0v) is 39.1. The van der Waals surface area contributed by atoms with Gasteiger partial charge in [0.2, 0.25) is 0 Å². The number of aryl methyl sites for hydroxylation is 1. The zero-order valence-electron chi connectivity index (χ0n) is 38.3. The van der Waals surface area contributed by atoms with E-state index in [4.69, 9.17) is 0 Å². The van der Waals surface area contributed by atoms with Crippen LogP contribution in [0.25, 0.3) is 97.3 Å². The molecule has 23 aliphatic rings. The summed E-state index contributed by atoms with van der Waals surface area (Å²) in [7, 11) is 0. The van der Waals surface area contributed by atoms with E-state index >= 15 is 0 Å². The van der Waals surface area contributed by atoms with Crippen LogP contribution < -0.4 is 0 Å². The van der Waals surface area contributed by atoms with Crippen molar-refractivity contribution in [1.29, 1.82) is 0 Å². The summed E-state index contributed by atoms with van der Waals surface area (Å²) >= 11 is 2.59. The largest absolute Gasteiger partial charge is 0.112 e. The van der Waals surface area contributed by atoms with Crippen LogP contribution in [0.4, 0.5) is 0 Å². The third kappa shape index (κ3) is 1.62. The Morgan fingerprint density at radius 1 is 0.352 bits per heavy atom. The highest BCUT2D eigenvalue weighted by molar-refractivity contribution is 8.00. The lowest BCUT2D eigenvalue weighted by Crippen LogP contribution is -2.62. The van der Waals surface area contributed by atoms with Gasteiger partial charge in [-0.05, 0) is 357 Å². The van der Waals surface area contributed by atoms with Gasteiger partial charge in [-0.3, -0.25) is 0 Å². The highest BCUT2D eigenvalue weighted by atomic mass is 32.2. The van der Waals surface area contributed by atoms with Gasteiger partial charge in [0.15, 0.2) is 0 Å². The Kier molecular flexibility index (Phi) is 2.74. The molecule has 11 aromatic carbocycles. The summed E-state index contributed by atoms with van der Waals surface area (Å²) in [5.74, 6) is 13.5. The van der Waals surface area contributed by atoms with Crippen molar-refractivity contribution >= 4 is 97.9 Å². The van der Waals surface area contributed by atoms with Crippen LogP contribution in [-0.2, 0) is 16.6 Å². The first kappa shape index (κ1) is 28.8. The monoisotopic (exact) mass is 904 g/mol. The molecule has 318 valence electrons. The second-order valence-corrected chi connectivity index (χ2v) is 31.3. The smallest absolute Gasteiger partial charge is 0.0645 e. The SMILES string of the molecule is CCCCc1ccc2c(c1)C13c4c5c6c7c8c9c%10c%11c%12c%13c%14c%15c(c%16c%13c%10c7c4-%16)C1(S2)C1C%15C2c4c7c%10c%13c%15c%16c%17c%18c%19c%20c%21c%22c%23c(c4c4c%22c%19c%16c%104)C2C%14C%12C%23C%21C%11C9C%20C%18C8C6C%17C%15C5C3C%13C71. The Hall–Kier alpha value is -5.37. The number of thioether (sulfide) groups is 1. The fourth-order valence-electron chi connectivity index (χ4n) is 32.4. The van der Waals surface area contributed by atoms with E-state index in [-0.39, 0.29) is 10.2 Å². The van der Waals surface area contributed by atoms with Gasteiger partial charge in [-0.2, -0.15) is 0 Å². The van der Waals surface area contributed by atoms with Crippen LogP contribution in [0.1, 0.15) is 249 Å². The Morgan fingerprint density at radius 2 is 0.690 bits per heavy atom. The molecule has 22 aliphatic carbocycles. The number of unbranched alkanes of at least 4 members (excludes halogenated alkanes) is 1. The molecule has 0 saturated heterocycles. The van der Waals surface area contributed by atoms with Crippen LogP contribution in [0, 0.1) is 11.8 Å². The number of hydrogen-bond donors (Lipinski definition) is 0. The third-order valence-electron chi connectivity index (χ3n) is 31.1. The van der Waals surface area contributed by atoms with E-state index in [2.05, 4.69) is 64.7 Å². The molecule has 1 heterocycles. The first-order chi connectivity index (χ1) is 35.4. The summed E-state index contributed by atoms with van der Waals surface area (Å²) in [5.41, 5.74) is 48.3. The third-order valence-corrected chi connectivity index (χ3v) is 32.8. The lowest BCUT2D eigenvalue weighted by atomic mass is 9.39. The van der Waals surface area contributed by atoms with Gasteiger partial charge in [0.25, 0.3) is 0 Å². The fraction of sp³-hybridized carbons (Fsp3) is 0.371. The molecular weight excluding hydrogens is 873 g/mol. The number of rotatable bonds is 3. The molecule has 1 fully saturated rings. The standard InChI is InChI=1S/C70H32S/c1-2-3-4-8-5-6-10-9(7-8)69-65-57-49-39-29-21-13-11-12-15-19-17(13)25-33-27(19)37-31-23(15)24-16(12)20-18-14(11)22(21)30-36-26(18)34-28(20)38-32(24)42-41(31)53-47(37)55-45(33)51(43(49)35(25)29)59(65)61(55)67-63(53)64-54(42)48(38)56-46(34)52-44(36)50(40(30)39)58(57)66(69)60(52)62(56)68(64)70(67,69)71-10/h5-7,13,15,17,19,21,23,29,31,39-42,50,54,58,60,62,64,66,68H,2-4H2,1H3. The molecule has 34 rings (SSSR count). The van der Waals surface area contributed by atoms with Crippen LogP contribution >= 0.6 is 11.8 Å². The summed E-state index contributed by atoms with van der Waals surface area (Å²) in [6.07, 6.45) is 3.84. The zero-order chi connectivity index (χ0) is 42.2. The molecule has 1 aliphatic heterocycles. The minimum absolute atomic E-state index is 0.0444. The number of hydrogen-bond acceptors (Lipinski definition) is 1. The van der Waals surface area contributed by atoms with Gasteiger partial charge in [-0.1, -0.05) is 25.5 Å². The minimum Gasteiger partial charge on any atom is -0.112 e. The molecule has 0 nitrogen and oxygen atoms in total. The molecule has 1 heteroatoms. The summed E-state index contributed by atoms with van der Waals surface area (Å²) in [6.45, 7) is 2.43. The minimum atomic E-state index is 0.0444. The maximum atomic E-state index is 2.99. The molecule has 22 atom stereocenters. The molecule has 0 N–H and O–H groups in total. The maximum absolute atomic E-state index is 2.99. The van der Waals surface area contributed by atoms with Crippen molar-refractivity contribution in [3.8, 4) is 11.1 Å². The van der Waals surface area contributed by atoms with Gasteiger partial charge in [0.1, 0.15) is 0 Å². The maximum Gasteiger partial charge on any atom is 0.0645 e. The Balaban J connectivity index is 1.00. The summed E-state index contributed by atoms with van der Waals surface area (Å²) < 4.78 is 0.0757. The van der Waals surface area contributed by atoms with Crippen LogP contribution in [0.5, 0.6) is 0 Å². The van der Waals surface area contributed by atoms with Gasteiger partial charge in [0.05, 0.1) is 4.75 Å². The van der Waals surface area contributed by atoms with Gasteiger partial charge in [-0.15, -0.1) is 11.8 Å². The van der Waals surface area contributed by atoms with Crippen molar-refractivity contribution in [2.24, 2.45) is 11.8 Å². The van der Waals surface area contributed by atoms with Crippen molar-refractivity contribution in [1.82, 2.24) is 0 Å². The van der Waals surface area contributed by atoms with E-state index in [1.54, 1.807) is 10.5 Å². The topological polar surface area (TPSA) is 0 Å². The molecule has 0 bridgehead atoms. The predicted molar refractivity (Wildman–Crippen MR) is 275 cm³/mol. The second kappa shape index (κ2) is 6.77. The first-order valence-electron chi connectivity index (χ1n) is 29.4. The normalized spacial score (nSPS) is 47.5. The van der Waals surface area contributed by atoms with Crippen LogP contribution in [-0.4, -0.2) is 0 Å². The summed E-state index contributed by atoms with van der Waals surface area (Å²) in [4.78, 5) is 1.74. The second-order valence-electron chi connectivity index (χ2n) is 30.0. The van der Waals surface area contributed by atoms with E-state index in [0.29, 0.717) is 118 Å². The van der Waals surface area contributed by atoms with E-state index in [1.807, 2.05) is 186 Å². The van der Waals surface area contributed by atoms with E-state index < -0.39 is 0 Å². The Morgan fingerprint density at radius 3 is 1.15 bits per heavy atom. The molecule has 71 heavy (non-hydrogen) atoms. The van der Waals surface area contributed by atoms with E-state index in [0.717, 1.165) is 0 Å². The lowest BCUT2D eigenvalue weighted by molar-refractivity contribution is 0.0341. The van der Waals surface area contributed by atoms with Crippen molar-refractivity contribution in [3.63, 3.8) is 0 Å². The molecule has 2 spiro atoms. The Bertz CT molecular complexity index is 5480. The lowest BCUT2D eigenvalue weighted by Gasteiger charge is -2.65. The Labute approximate surface area is 406 Å². The van der Waals surface area contributed by atoms with Crippen molar-refractivity contribution in [2.45, 2.75) is 148 Å². The molecule has 1 saturated carbocycles. The quantitative estimate of drug-likeness (QED) is 0.159. The van der Waals surface area contributed by atoms with Crippen molar-refractivity contribution in [2.75, 3.05) is 0 Å². The molecule has 11 aromatic rings. The molecule has 0 radical (unpaired) electrons. The van der Waals surface area contributed by atoms with Crippen molar-refractivity contribution < 1.29 is 0 Å².